The summed E-state index contributed by atoms with van der Waals surface area (Å²) in [5, 5.41) is 0. The molecule has 2 aromatic carbocycles. The summed E-state index contributed by atoms with van der Waals surface area (Å²) in [7, 11) is 0. The Morgan fingerprint density at radius 3 is 2.33 bits per heavy atom. The lowest BCUT2D eigenvalue weighted by Crippen LogP contribution is -2.14. The van der Waals surface area contributed by atoms with Crippen LogP contribution in [0.5, 0.6) is 0 Å². The Bertz CT molecular complexity index is 577. The molecule has 0 unspecified atom stereocenters. The van der Waals surface area contributed by atoms with E-state index in [1.165, 1.54) is 0 Å². The van der Waals surface area contributed by atoms with Crippen molar-refractivity contribution in [2.45, 2.75) is 13.5 Å². The molecular formula is C15H16N2O. The van der Waals surface area contributed by atoms with Crippen LogP contribution in [0.3, 0.4) is 0 Å². The minimum absolute atomic E-state index is 0.409. The molecule has 0 spiro atoms. The van der Waals surface area contributed by atoms with E-state index in [9.17, 15) is 4.79 Å². The lowest BCUT2D eigenvalue weighted by atomic mass is 9.91. The number of carbonyl (C=O) groups excluding carboxylic acids is 1. The Morgan fingerprint density at radius 1 is 1.11 bits per heavy atom. The van der Waals surface area contributed by atoms with Crippen LogP contribution in [0.2, 0.25) is 0 Å². The Labute approximate surface area is 106 Å². The van der Waals surface area contributed by atoms with Gasteiger partial charge in [-0.25, -0.2) is 0 Å². The molecule has 0 saturated heterocycles. The first-order chi connectivity index (χ1) is 8.65. The van der Waals surface area contributed by atoms with Gasteiger partial charge in [0.05, 0.1) is 0 Å². The summed E-state index contributed by atoms with van der Waals surface area (Å²) in [6.07, 6.45) is 0. The molecule has 0 atom stereocenters. The van der Waals surface area contributed by atoms with Crippen molar-refractivity contribution >= 4 is 5.91 Å². The molecule has 92 valence electrons. The molecule has 3 nitrogen and oxygen atoms in total. The van der Waals surface area contributed by atoms with Gasteiger partial charge in [0.25, 0.3) is 0 Å². The van der Waals surface area contributed by atoms with E-state index in [1.54, 1.807) is 6.07 Å². The highest BCUT2D eigenvalue weighted by atomic mass is 16.1. The molecule has 2 rings (SSSR count). The maximum atomic E-state index is 11.4. The van der Waals surface area contributed by atoms with Crippen molar-refractivity contribution in [3.8, 4) is 11.1 Å². The van der Waals surface area contributed by atoms with Gasteiger partial charge in [-0.05, 0) is 35.2 Å². The predicted octanol–water partition coefficient (Wildman–Crippen LogP) is 2.22. The number of hydrogen-bond acceptors (Lipinski definition) is 2. The Hall–Kier alpha value is -2.13. The van der Waals surface area contributed by atoms with Crippen LogP contribution in [0.25, 0.3) is 11.1 Å². The average molecular weight is 240 g/mol. The first-order valence-electron chi connectivity index (χ1n) is 5.83. The Morgan fingerprint density at radius 2 is 1.78 bits per heavy atom. The van der Waals surface area contributed by atoms with Crippen molar-refractivity contribution < 1.29 is 4.79 Å². The molecule has 0 heterocycles. The van der Waals surface area contributed by atoms with Crippen LogP contribution < -0.4 is 11.5 Å². The molecule has 0 fully saturated rings. The second-order valence-corrected chi connectivity index (χ2v) is 4.21. The Kier molecular flexibility index (Phi) is 3.44. The smallest absolute Gasteiger partial charge is 0.248 e. The highest BCUT2D eigenvalue weighted by molar-refractivity contribution is 5.96. The highest BCUT2D eigenvalue weighted by Crippen LogP contribution is 2.29. The summed E-state index contributed by atoms with van der Waals surface area (Å²) in [5.74, 6) is -0.409. The van der Waals surface area contributed by atoms with Crippen molar-refractivity contribution in [3.05, 3.63) is 59.2 Å². The van der Waals surface area contributed by atoms with E-state index in [1.807, 2.05) is 43.3 Å². The molecule has 3 heteroatoms. The molecule has 1 amide bonds. The van der Waals surface area contributed by atoms with Crippen molar-refractivity contribution in [2.24, 2.45) is 11.5 Å². The number of rotatable bonds is 3. The van der Waals surface area contributed by atoms with Crippen molar-refractivity contribution in [2.75, 3.05) is 0 Å². The van der Waals surface area contributed by atoms with Gasteiger partial charge < -0.3 is 11.5 Å². The van der Waals surface area contributed by atoms with E-state index in [2.05, 4.69) is 0 Å². The quantitative estimate of drug-likeness (QED) is 0.863. The van der Waals surface area contributed by atoms with Crippen LogP contribution in [-0.4, -0.2) is 5.91 Å². The number of amides is 1. The number of carbonyl (C=O) groups is 1. The molecule has 0 aliphatic rings. The molecule has 18 heavy (non-hydrogen) atoms. The van der Waals surface area contributed by atoms with Gasteiger partial charge in [-0.15, -0.1) is 0 Å². The zero-order valence-corrected chi connectivity index (χ0v) is 10.3. The number of hydrogen-bond donors (Lipinski definition) is 2. The second kappa shape index (κ2) is 5.02. The van der Waals surface area contributed by atoms with E-state index in [-0.39, 0.29) is 0 Å². The maximum absolute atomic E-state index is 11.4. The van der Waals surface area contributed by atoms with E-state index in [0.29, 0.717) is 12.1 Å². The zero-order valence-electron chi connectivity index (χ0n) is 10.3. The van der Waals surface area contributed by atoms with E-state index in [4.69, 9.17) is 11.5 Å². The normalized spacial score (nSPS) is 10.3. The van der Waals surface area contributed by atoms with E-state index < -0.39 is 5.91 Å². The Balaban J connectivity index is 2.71. The summed E-state index contributed by atoms with van der Waals surface area (Å²) in [6.45, 7) is 2.34. The summed E-state index contributed by atoms with van der Waals surface area (Å²) in [6, 6.07) is 13.5. The molecule has 4 N–H and O–H groups in total. The lowest BCUT2D eigenvalue weighted by Gasteiger charge is -2.14. The third-order valence-corrected chi connectivity index (χ3v) is 3.10. The minimum Gasteiger partial charge on any atom is -0.366 e. The molecule has 0 aliphatic heterocycles. The van der Waals surface area contributed by atoms with E-state index in [0.717, 1.165) is 22.3 Å². The van der Waals surface area contributed by atoms with Crippen LogP contribution in [0.4, 0.5) is 0 Å². The van der Waals surface area contributed by atoms with E-state index >= 15 is 0 Å². The molecule has 0 bridgehead atoms. The average Bonchev–Trinajstić information content (AvgIpc) is 2.38. The predicted molar refractivity (Wildman–Crippen MR) is 73.0 cm³/mol. The summed E-state index contributed by atoms with van der Waals surface area (Å²) in [4.78, 5) is 11.4. The molecule has 0 aliphatic carbocycles. The monoisotopic (exact) mass is 240 g/mol. The highest BCUT2D eigenvalue weighted by Gasteiger charge is 2.13. The van der Waals surface area contributed by atoms with Crippen LogP contribution in [0, 0.1) is 6.92 Å². The molecule has 0 radical (unpaired) electrons. The number of nitrogens with two attached hydrogens (primary N) is 2. The van der Waals surface area contributed by atoms with Gasteiger partial charge in [-0.2, -0.15) is 0 Å². The summed E-state index contributed by atoms with van der Waals surface area (Å²) >= 11 is 0. The molecule has 0 aromatic heterocycles. The largest absolute Gasteiger partial charge is 0.366 e. The van der Waals surface area contributed by atoms with Crippen LogP contribution >= 0.6 is 0 Å². The fraction of sp³-hybridized carbons (Fsp3) is 0.133. The van der Waals surface area contributed by atoms with Crippen LogP contribution in [-0.2, 0) is 6.54 Å². The van der Waals surface area contributed by atoms with Gasteiger partial charge in [-0.3, -0.25) is 4.79 Å². The van der Waals surface area contributed by atoms with Crippen LogP contribution in [0.1, 0.15) is 21.5 Å². The van der Waals surface area contributed by atoms with Crippen molar-refractivity contribution in [1.82, 2.24) is 0 Å². The third kappa shape index (κ3) is 2.13. The SMILES string of the molecule is Cc1c(C(N)=O)ccc(CN)c1-c1ccccc1. The van der Waals surface area contributed by atoms with Crippen molar-refractivity contribution in [3.63, 3.8) is 0 Å². The zero-order chi connectivity index (χ0) is 13.1. The molecule has 2 aromatic rings. The first-order valence-corrected chi connectivity index (χ1v) is 5.83. The van der Waals surface area contributed by atoms with Gasteiger partial charge in [-0.1, -0.05) is 36.4 Å². The standard InChI is InChI=1S/C15H16N2O/c1-10-13(15(17)18)8-7-12(9-16)14(10)11-5-3-2-4-6-11/h2-8H,9,16H2,1H3,(H2,17,18). The molecular weight excluding hydrogens is 224 g/mol. The number of primary amides is 1. The fourth-order valence-electron chi connectivity index (χ4n) is 2.21. The van der Waals surface area contributed by atoms with Gasteiger partial charge in [0.15, 0.2) is 0 Å². The minimum atomic E-state index is -0.409. The maximum Gasteiger partial charge on any atom is 0.248 e. The topological polar surface area (TPSA) is 69.1 Å². The second-order valence-electron chi connectivity index (χ2n) is 4.21. The lowest BCUT2D eigenvalue weighted by molar-refractivity contribution is 0.1000. The third-order valence-electron chi connectivity index (χ3n) is 3.10. The summed E-state index contributed by atoms with van der Waals surface area (Å²) in [5.41, 5.74) is 15.7. The van der Waals surface area contributed by atoms with Gasteiger partial charge >= 0.3 is 0 Å². The van der Waals surface area contributed by atoms with Crippen LogP contribution in [0.15, 0.2) is 42.5 Å². The molecule has 0 saturated carbocycles. The van der Waals surface area contributed by atoms with Crippen molar-refractivity contribution in [1.29, 1.82) is 0 Å². The van der Waals surface area contributed by atoms with Gasteiger partial charge in [0, 0.05) is 12.1 Å². The summed E-state index contributed by atoms with van der Waals surface area (Å²) < 4.78 is 0. The van der Waals surface area contributed by atoms with Gasteiger partial charge in [0.1, 0.15) is 0 Å². The number of benzene rings is 2. The first kappa shape index (κ1) is 12.3. The fourth-order valence-corrected chi connectivity index (χ4v) is 2.21. The van der Waals surface area contributed by atoms with Gasteiger partial charge in [0.2, 0.25) is 5.91 Å².